The average molecular weight is 470 g/mol. The maximum Gasteiger partial charge on any atom is 0.251 e. The molecule has 33 heavy (non-hydrogen) atoms. The first kappa shape index (κ1) is 24.7. The molecule has 0 saturated carbocycles. The number of aromatic nitrogens is 1. The van der Waals surface area contributed by atoms with E-state index in [0.29, 0.717) is 35.0 Å². The van der Waals surface area contributed by atoms with Crippen LogP contribution in [0.5, 0.6) is 0 Å². The van der Waals surface area contributed by atoms with Gasteiger partial charge in [0.1, 0.15) is 11.5 Å². The highest BCUT2D eigenvalue weighted by molar-refractivity contribution is 7.90. The molecule has 1 heterocycles. The predicted molar refractivity (Wildman–Crippen MR) is 129 cm³/mol. The molecule has 0 unspecified atom stereocenters. The Labute approximate surface area is 195 Å². The van der Waals surface area contributed by atoms with E-state index in [1.54, 1.807) is 61.5 Å². The van der Waals surface area contributed by atoms with Crippen LogP contribution in [0.15, 0.2) is 63.9 Å². The van der Waals surface area contributed by atoms with Gasteiger partial charge in [0.2, 0.25) is 5.89 Å². The lowest BCUT2D eigenvalue weighted by Gasteiger charge is -2.17. The van der Waals surface area contributed by atoms with Crippen LogP contribution in [-0.2, 0) is 15.6 Å². The molecule has 3 rings (SSSR count). The highest BCUT2D eigenvalue weighted by atomic mass is 32.2. The first-order valence-electron chi connectivity index (χ1n) is 11.2. The molecular weight excluding hydrogens is 438 g/mol. The van der Waals surface area contributed by atoms with Gasteiger partial charge in [-0.2, -0.15) is 0 Å². The number of sulfone groups is 1. The highest BCUT2D eigenvalue weighted by Crippen LogP contribution is 2.25. The maximum absolute atomic E-state index is 12.7. The van der Waals surface area contributed by atoms with E-state index in [1.165, 1.54) is 0 Å². The van der Waals surface area contributed by atoms with Gasteiger partial charge in [0.25, 0.3) is 5.91 Å². The summed E-state index contributed by atoms with van der Waals surface area (Å²) in [5.41, 5.74) is 1.61. The summed E-state index contributed by atoms with van der Waals surface area (Å²) < 4.78 is 31.1. The normalized spacial score (nSPS) is 11.6. The Morgan fingerprint density at radius 1 is 1.03 bits per heavy atom. The van der Waals surface area contributed by atoms with Crippen molar-refractivity contribution in [2.24, 2.45) is 0 Å². The van der Waals surface area contributed by atoms with Crippen LogP contribution in [-0.4, -0.2) is 50.4 Å². The summed E-state index contributed by atoms with van der Waals surface area (Å²) in [5, 5.41) is 2.94. The van der Waals surface area contributed by atoms with Crippen LogP contribution < -0.4 is 5.32 Å². The minimum absolute atomic E-state index is 0.126. The SMILES string of the molecule is CCN(CC)CCCNC(=O)c1ccc(-c2nc(CS(=O)(=O)c3ccccc3)c(C)o2)cc1. The topological polar surface area (TPSA) is 92.5 Å². The third-order valence-electron chi connectivity index (χ3n) is 5.55. The van der Waals surface area contributed by atoms with Crippen LogP contribution >= 0.6 is 0 Å². The van der Waals surface area contributed by atoms with Gasteiger partial charge in [-0.05, 0) is 69.4 Å². The van der Waals surface area contributed by atoms with Crippen molar-refractivity contribution < 1.29 is 17.6 Å². The van der Waals surface area contributed by atoms with Crippen LogP contribution in [0, 0.1) is 6.92 Å². The molecule has 2 aromatic carbocycles. The molecule has 8 heteroatoms. The van der Waals surface area contributed by atoms with Crippen molar-refractivity contribution in [2.45, 2.75) is 37.8 Å². The Kier molecular flexibility index (Phi) is 8.41. The lowest BCUT2D eigenvalue weighted by atomic mass is 10.1. The van der Waals surface area contributed by atoms with Crippen molar-refractivity contribution in [2.75, 3.05) is 26.2 Å². The van der Waals surface area contributed by atoms with Crippen molar-refractivity contribution in [1.29, 1.82) is 0 Å². The fraction of sp³-hybridized carbons (Fsp3) is 0.360. The van der Waals surface area contributed by atoms with Crippen LogP contribution in [0.3, 0.4) is 0 Å². The van der Waals surface area contributed by atoms with E-state index >= 15 is 0 Å². The molecule has 0 atom stereocenters. The van der Waals surface area contributed by atoms with E-state index in [4.69, 9.17) is 4.42 Å². The maximum atomic E-state index is 12.7. The smallest absolute Gasteiger partial charge is 0.251 e. The van der Waals surface area contributed by atoms with Crippen LogP contribution in [0.2, 0.25) is 0 Å². The van der Waals surface area contributed by atoms with Crippen molar-refractivity contribution in [3.05, 3.63) is 71.6 Å². The molecule has 1 aromatic heterocycles. The van der Waals surface area contributed by atoms with E-state index in [0.717, 1.165) is 26.1 Å². The van der Waals surface area contributed by atoms with Gasteiger partial charge in [-0.1, -0.05) is 32.0 Å². The van der Waals surface area contributed by atoms with Gasteiger partial charge in [0.15, 0.2) is 9.84 Å². The third kappa shape index (κ3) is 6.52. The quantitative estimate of drug-likeness (QED) is 0.425. The summed E-state index contributed by atoms with van der Waals surface area (Å²) in [6.07, 6.45) is 0.899. The number of oxazole rings is 1. The zero-order valence-corrected chi connectivity index (χ0v) is 20.2. The number of hydrogen-bond acceptors (Lipinski definition) is 6. The third-order valence-corrected chi connectivity index (χ3v) is 7.19. The highest BCUT2D eigenvalue weighted by Gasteiger charge is 2.21. The Morgan fingerprint density at radius 2 is 1.70 bits per heavy atom. The van der Waals surface area contributed by atoms with Crippen LogP contribution in [0.4, 0.5) is 0 Å². The fourth-order valence-electron chi connectivity index (χ4n) is 3.49. The number of nitrogens with zero attached hydrogens (tertiary/aromatic N) is 2. The summed E-state index contributed by atoms with van der Waals surface area (Å²) in [5.74, 6) is 0.427. The summed E-state index contributed by atoms with van der Waals surface area (Å²) in [6, 6.07) is 15.2. The predicted octanol–water partition coefficient (Wildman–Crippen LogP) is 4.09. The minimum atomic E-state index is -3.52. The van der Waals surface area contributed by atoms with Crippen molar-refractivity contribution in [3.8, 4) is 11.5 Å². The number of aryl methyl sites for hydroxylation is 1. The number of nitrogens with one attached hydrogen (secondary N) is 1. The molecule has 1 N–H and O–H groups in total. The van der Waals surface area contributed by atoms with Crippen LogP contribution in [0.1, 0.15) is 42.1 Å². The zero-order chi connectivity index (χ0) is 23.8. The fourth-order valence-corrected chi connectivity index (χ4v) is 4.85. The zero-order valence-electron chi connectivity index (χ0n) is 19.4. The van der Waals surface area contributed by atoms with Crippen LogP contribution in [0.25, 0.3) is 11.5 Å². The Hall–Kier alpha value is -2.97. The number of carbonyl (C=O) groups excluding carboxylic acids is 1. The minimum Gasteiger partial charge on any atom is -0.441 e. The molecule has 7 nitrogen and oxygen atoms in total. The van der Waals surface area contributed by atoms with Gasteiger partial charge in [-0.3, -0.25) is 4.79 Å². The molecular formula is C25H31N3O4S. The summed E-state index contributed by atoms with van der Waals surface area (Å²) >= 11 is 0. The van der Waals surface area contributed by atoms with E-state index in [1.807, 2.05) is 0 Å². The average Bonchev–Trinajstić information content (AvgIpc) is 3.19. The second kappa shape index (κ2) is 11.2. The Balaban J connectivity index is 1.62. The number of benzene rings is 2. The molecule has 0 aliphatic carbocycles. The van der Waals surface area contributed by atoms with Gasteiger partial charge < -0.3 is 14.6 Å². The molecule has 0 spiro atoms. The van der Waals surface area contributed by atoms with E-state index in [-0.39, 0.29) is 16.6 Å². The molecule has 0 bridgehead atoms. The second-order valence-corrected chi connectivity index (χ2v) is 9.80. The molecule has 0 aliphatic heterocycles. The van der Waals surface area contributed by atoms with Gasteiger partial charge in [-0.15, -0.1) is 0 Å². The van der Waals surface area contributed by atoms with Crippen molar-refractivity contribution >= 4 is 15.7 Å². The molecule has 1 amide bonds. The number of rotatable bonds is 11. The van der Waals surface area contributed by atoms with Gasteiger partial charge in [0.05, 0.1) is 10.6 Å². The van der Waals surface area contributed by atoms with Crippen molar-refractivity contribution in [1.82, 2.24) is 15.2 Å². The van der Waals surface area contributed by atoms with E-state index in [9.17, 15) is 13.2 Å². The Bertz CT molecular complexity index is 1150. The summed E-state index contributed by atoms with van der Waals surface area (Å²) in [6.45, 7) is 9.55. The summed E-state index contributed by atoms with van der Waals surface area (Å²) in [7, 11) is -3.52. The van der Waals surface area contributed by atoms with Gasteiger partial charge in [-0.25, -0.2) is 13.4 Å². The van der Waals surface area contributed by atoms with E-state index in [2.05, 4.69) is 29.0 Å². The number of carbonyl (C=O) groups is 1. The lowest BCUT2D eigenvalue weighted by Crippen LogP contribution is -2.29. The summed E-state index contributed by atoms with van der Waals surface area (Å²) in [4.78, 5) is 19.4. The molecule has 176 valence electrons. The first-order chi connectivity index (χ1) is 15.8. The second-order valence-electron chi connectivity index (χ2n) is 7.81. The number of hydrogen-bond donors (Lipinski definition) is 1. The molecule has 0 aliphatic rings. The lowest BCUT2D eigenvalue weighted by molar-refractivity contribution is 0.0952. The molecule has 3 aromatic rings. The number of amides is 1. The molecule has 0 saturated heterocycles. The molecule has 0 fully saturated rings. The molecule has 0 radical (unpaired) electrons. The van der Waals surface area contributed by atoms with E-state index < -0.39 is 9.84 Å². The van der Waals surface area contributed by atoms with Gasteiger partial charge in [0, 0.05) is 17.7 Å². The standard InChI is InChI=1S/C25H31N3O4S/c1-4-28(5-2)17-9-16-26-24(29)20-12-14-21(15-13-20)25-27-23(19(3)32-25)18-33(30,31)22-10-7-6-8-11-22/h6-8,10-15H,4-5,9,16-18H2,1-3H3,(H,26,29). The van der Waals surface area contributed by atoms with Crippen molar-refractivity contribution in [3.63, 3.8) is 0 Å². The largest absolute Gasteiger partial charge is 0.441 e. The monoisotopic (exact) mass is 469 g/mol. The first-order valence-corrected chi connectivity index (χ1v) is 12.8. The van der Waals surface area contributed by atoms with Gasteiger partial charge >= 0.3 is 0 Å². The Morgan fingerprint density at radius 3 is 2.33 bits per heavy atom.